The molecule has 0 unspecified atom stereocenters. The SMILES string of the molecule is Cc1cc(NC(=O)COc2ccc(C#N)cc2)n(Cc2ccccc2)n1. The third-order valence-corrected chi connectivity index (χ3v) is 3.70. The second-order valence-corrected chi connectivity index (χ2v) is 5.79. The zero-order chi connectivity index (χ0) is 18.4. The Morgan fingerprint density at radius 2 is 1.92 bits per heavy atom. The van der Waals surface area contributed by atoms with Crippen LogP contribution in [0.3, 0.4) is 0 Å². The lowest BCUT2D eigenvalue weighted by molar-refractivity contribution is -0.118. The Bertz CT molecular complexity index is 925. The zero-order valence-electron chi connectivity index (χ0n) is 14.3. The number of aromatic nitrogens is 2. The lowest BCUT2D eigenvalue weighted by Crippen LogP contribution is -2.22. The highest BCUT2D eigenvalue weighted by atomic mass is 16.5. The third kappa shape index (κ3) is 4.48. The number of ether oxygens (including phenoxy) is 1. The highest BCUT2D eigenvalue weighted by molar-refractivity contribution is 5.91. The van der Waals surface area contributed by atoms with Gasteiger partial charge in [-0.05, 0) is 36.8 Å². The first-order valence-corrected chi connectivity index (χ1v) is 8.15. The second-order valence-electron chi connectivity index (χ2n) is 5.79. The number of carbonyl (C=O) groups is 1. The molecule has 0 radical (unpaired) electrons. The van der Waals surface area contributed by atoms with Crippen molar-refractivity contribution in [3.05, 3.63) is 77.5 Å². The predicted octanol–water partition coefficient (Wildman–Crippen LogP) is 3.13. The fourth-order valence-corrected chi connectivity index (χ4v) is 2.48. The molecule has 0 aliphatic rings. The van der Waals surface area contributed by atoms with Crippen LogP contribution in [0.15, 0.2) is 60.7 Å². The number of hydrogen-bond acceptors (Lipinski definition) is 4. The van der Waals surface area contributed by atoms with Gasteiger partial charge in [0.25, 0.3) is 5.91 Å². The van der Waals surface area contributed by atoms with Gasteiger partial charge in [-0.15, -0.1) is 0 Å². The molecule has 0 saturated heterocycles. The molecule has 0 bridgehead atoms. The Morgan fingerprint density at radius 1 is 1.19 bits per heavy atom. The number of aryl methyl sites for hydroxylation is 1. The highest BCUT2D eigenvalue weighted by Crippen LogP contribution is 2.14. The van der Waals surface area contributed by atoms with Gasteiger partial charge in [0, 0.05) is 6.07 Å². The van der Waals surface area contributed by atoms with Crippen molar-refractivity contribution in [3.8, 4) is 11.8 Å². The second kappa shape index (κ2) is 7.99. The minimum Gasteiger partial charge on any atom is -0.484 e. The molecule has 3 rings (SSSR count). The van der Waals surface area contributed by atoms with E-state index in [2.05, 4.69) is 10.4 Å². The number of hydrogen-bond donors (Lipinski definition) is 1. The molecule has 6 heteroatoms. The van der Waals surface area contributed by atoms with Crippen LogP contribution < -0.4 is 10.1 Å². The number of amides is 1. The van der Waals surface area contributed by atoms with E-state index in [-0.39, 0.29) is 12.5 Å². The number of nitrogens with zero attached hydrogens (tertiary/aromatic N) is 3. The van der Waals surface area contributed by atoms with Crippen molar-refractivity contribution in [2.24, 2.45) is 0 Å². The van der Waals surface area contributed by atoms with Crippen LogP contribution in [-0.4, -0.2) is 22.3 Å². The Hall–Kier alpha value is -3.59. The van der Waals surface area contributed by atoms with Crippen LogP contribution in [0.1, 0.15) is 16.8 Å². The average Bonchev–Trinajstić information content (AvgIpc) is 3.00. The number of nitrogens with one attached hydrogen (secondary N) is 1. The number of benzene rings is 2. The molecular formula is C20H18N4O2. The van der Waals surface area contributed by atoms with Crippen molar-refractivity contribution in [3.63, 3.8) is 0 Å². The first kappa shape index (κ1) is 17.2. The summed E-state index contributed by atoms with van der Waals surface area (Å²) in [7, 11) is 0. The fourth-order valence-electron chi connectivity index (χ4n) is 2.48. The predicted molar refractivity (Wildman–Crippen MR) is 97.8 cm³/mol. The molecule has 0 aliphatic heterocycles. The van der Waals surface area contributed by atoms with E-state index in [1.165, 1.54) is 0 Å². The van der Waals surface area contributed by atoms with E-state index in [0.29, 0.717) is 23.7 Å². The lowest BCUT2D eigenvalue weighted by atomic mass is 10.2. The van der Waals surface area contributed by atoms with Gasteiger partial charge in [-0.3, -0.25) is 4.79 Å². The van der Waals surface area contributed by atoms with E-state index in [0.717, 1.165) is 11.3 Å². The van der Waals surface area contributed by atoms with E-state index in [9.17, 15) is 4.79 Å². The van der Waals surface area contributed by atoms with Gasteiger partial charge in [0.1, 0.15) is 11.6 Å². The van der Waals surface area contributed by atoms with Crippen molar-refractivity contribution < 1.29 is 9.53 Å². The summed E-state index contributed by atoms with van der Waals surface area (Å²) in [5.74, 6) is 0.886. The van der Waals surface area contributed by atoms with Gasteiger partial charge in [0.15, 0.2) is 6.61 Å². The summed E-state index contributed by atoms with van der Waals surface area (Å²) in [6, 6.07) is 20.4. The molecule has 6 nitrogen and oxygen atoms in total. The average molecular weight is 346 g/mol. The molecule has 0 aliphatic carbocycles. The largest absolute Gasteiger partial charge is 0.484 e. The minimum absolute atomic E-state index is 0.124. The molecule has 1 aromatic heterocycles. The van der Waals surface area contributed by atoms with E-state index in [4.69, 9.17) is 10.00 Å². The van der Waals surface area contributed by atoms with Crippen molar-refractivity contribution in [2.75, 3.05) is 11.9 Å². The molecule has 2 aromatic carbocycles. The maximum Gasteiger partial charge on any atom is 0.263 e. The lowest BCUT2D eigenvalue weighted by Gasteiger charge is -2.10. The molecule has 1 heterocycles. The summed E-state index contributed by atoms with van der Waals surface area (Å²) in [4.78, 5) is 12.2. The quantitative estimate of drug-likeness (QED) is 0.744. The fraction of sp³-hybridized carbons (Fsp3) is 0.150. The van der Waals surface area contributed by atoms with Crippen LogP contribution in [0.5, 0.6) is 5.75 Å². The monoisotopic (exact) mass is 346 g/mol. The molecule has 130 valence electrons. The maximum atomic E-state index is 12.2. The van der Waals surface area contributed by atoms with Crippen LogP contribution in [0.2, 0.25) is 0 Å². The summed E-state index contributed by atoms with van der Waals surface area (Å²) < 4.78 is 7.21. The van der Waals surface area contributed by atoms with Gasteiger partial charge < -0.3 is 10.1 Å². The van der Waals surface area contributed by atoms with E-state index in [1.807, 2.05) is 49.4 Å². The highest BCUT2D eigenvalue weighted by Gasteiger charge is 2.10. The number of nitriles is 1. The molecule has 1 N–H and O–H groups in total. The molecule has 0 saturated carbocycles. The smallest absolute Gasteiger partial charge is 0.263 e. The molecule has 0 atom stereocenters. The summed E-state index contributed by atoms with van der Waals surface area (Å²) in [6.45, 7) is 2.33. The Balaban J connectivity index is 1.61. The van der Waals surface area contributed by atoms with Crippen LogP contribution in [-0.2, 0) is 11.3 Å². The van der Waals surface area contributed by atoms with Gasteiger partial charge in [0.2, 0.25) is 0 Å². The molecule has 0 spiro atoms. The van der Waals surface area contributed by atoms with Gasteiger partial charge in [-0.1, -0.05) is 30.3 Å². The normalized spacial score (nSPS) is 10.2. The number of anilines is 1. The molecular weight excluding hydrogens is 328 g/mol. The molecule has 26 heavy (non-hydrogen) atoms. The van der Waals surface area contributed by atoms with Crippen molar-refractivity contribution in [2.45, 2.75) is 13.5 Å². The topological polar surface area (TPSA) is 79.9 Å². The van der Waals surface area contributed by atoms with Crippen molar-refractivity contribution in [1.29, 1.82) is 5.26 Å². The van der Waals surface area contributed by atoms with E-state index < -0.39 is 0 Å². The summed E-state index contributed by atoms with van der Waals surface area (Å²) >= 11 is 0. The van der Waals surface area contributed by atoms with Gasteiger partial charge >= 0.3 is 0 Å². The Morgan fingerprint density at radius 3 is 2.62 bits per heavy atom. The van der Waals surface area contributed by atoms with Gasteiger partial charge in [-0.25, -0.2) is 4.68 Å². The van der Waals surface area contributed by atoms with Crippen LogP contribution >= 0.6 is 0 Å². The third-order valence-electron chi connectivity index (χ3n) is 3.70. The summed E-state index contributed by atoms with van der Waals surface area (Å²) in [5.41, 5.74) is 2.46. The molecule has 0 fully saturated rings. The first-order chi connectivity index (χ1) is 12.6. The van der Waals surface area contributed by atoms with Crippen LogP contribution in [0, 0.1) is 18.3 Å². The van der Waals surface area contributed by atoms with Crippen LogP contribution in [0.4, 0.5) is 5.82 Å². The summed E-state index contributed by atoms with van der Waals surface area (Å²) in [6.07, 6.45) is 0. The number of rotatable bonds is 6. The Labute approximate surface area is 151 Å². The van der Waals surface area contributed by atoms with Gasteiger partial charge in [0.05, 0.1) is 23.9 Å². The zero-order valence-corrected chi connectivity index (χ0v) is 14.3. The van der Waals surface area contributed by atoms with Crippen LogP contribution in [0.25, 0.3) is 0 Å². The standard InChI is InChI=1S/C20H18N4O2/c1-15-11-19(24(23-15)13-17-5-3-2-4-6-17)22-20(25)14-26-18-9-7-16(12-21)8-10-18/h2-11H,13-14H2,1H3,(H,22,25). The van der Waals surface area contributed by atoms with Crippen molar-refractivity contribution >= 4 is 11.7 Å². The maximum absolute atomic E-state index is 12.2. The number of carbonyl (C=O) groups excluding carboxylic acids is 1. The van der Waals surface area contributed by atoms with Gasteiger partial charge in [-0.2, -0.15) is 10.4 Å². The summed E-state index contributed by atoms with van der Waals surface area (Å²) in [5, 5.41) is 16.0. The van der Waals surface area contributed by atoms with E-state index >= 15 is 0 Å². The minimum atomic E-state index is -0.274. The molecule has 1 amide bonds. The van der Waals surface area contributed by atoms with E-state index in [1.54, 1.807) is 28.9 Å². The molecule has 3 aromatic rings. The van der Waals surface area contributed by atoms with Crippen molar-refractivity contribution in [1.82, 2.24) is 9.78 Å². The first-order valence-electron chi connectivity index (χ1n) is 8.15. The Kier molecular flexibility index (Phi) is 5.30.